The molecule has 0 unspecified atom stereocenters. The number of ether oxygens (including phenoxy) is 1. The van der Waals surface area contributed by atoms with Gasteiger partial charge in [0.05, 0.1) is 11.2 Å². The summed E-state index contributed by atoms with van der Waals surface area (Å²) >= 11 is 0. The maximum absolute atomic E-state index is 13.9. The van der Waals surface area contributed by atoms with Crippen molar-refractivity contribution in [2.24, 2.45) is 5.41 Å². The SMILES string of the molecule is Cc1cc(N2C(=O)NC(=O)C2(C)C)cc(C)c1CCS(=O)(=O)N1CCC2(C=C(c3ccc(F)c(OC(F)(F)F)c3)NC2=O)CC1. The molecule has 2 aromatic rings. The van der Waals surface area contributed by atoms with E-state index in [9.17, 15) is 40.4 Å². The number of benzene rings is 2. The fraction of sp³-hybridized carbons (Fsp3) is 0.433. The molecular weight excluding hydrogens is 620 g/mol. The van der Waals surface area contributed by atoms with Crippen molar-refractivity contribution >= 4 is 39.3 Å². The van der Waals surface area contributed by atoms with E-state index in [-0.39, 0.29) is 49.4 Å². The number of hydrogen-bond donors (Lipinski definition) is 2. The number of sulfonamides is 1. The summed E-state index contributed by atoms with van der Waals surface area (Å²) in [6.45, 7) is 7.00. The second-order valence-electron chi connectivity index (χ2n) is 12.0. The fourth-order valence-electron chi connectivity index (χ4n) is 6.14. The Morgan fingerprint density at radius 1 is 0.956 bits per heavy atom. The Hall–Kier alpha value is -3.98. The number of nitrogens with zero attached hydrogens (tertiary/aromatic N) is 2. The molecule has 3 heterocycles. The van der Waals surface area contributed by atoms with Crippen LogP contribution >= 0.6 is 0 Å². The van der Waals surface area contributed by atoms with Crippen LogP contribution in [0.1, 0.15) is 48.9 Å². The van der Waals surface area contributed by atoms with Gasteiger partial charge in [-0.25, -0.2) is 21.9 Å². The van der Waals surface area contributed by atoms with Crippen LogP contribution in [0.2, 0.25) is 0 Å². The molecule has 1 spiro atoms. The van der Waals surface area contributed by atoms with Crippen LogP contribution < -0.4 is 20.3 Å². The predicted molar refractivity (Wildman–Crippen MR) is 156 cm³/mol. The van der Waals surface area contributed by atoms with Gasteiger partial charge < -0.3 is 10.1 Å². The summed E-state index contributed by atoms with van der Waals surface area (Å²) in [6.07, 6.45) is -3.04. The third kappa shape index (κ3) is 6.15. The quantitative estimate of drug-likeness (QED) is 0.340. The minimum atomic E-state index is -5.10. The van der Waals surface area contributed by atoms with Crippen molar-refractivity contribution in [3.05, 3.63) is 64.5 Å². The number of amides is 4. The van der Waals surface area contributed by atoms with Crippen molar-refractivity contribution in [1.82, 2.24) is 14.9 Å². The molecule has 15 heteroatoms. The van der Waals surface area contributed by atoms with Gasteiger partial charge in [-0.15, -0.1) is 13.2 Å². The molecule has 5 rings (SSSR count). The second kappa shape index (κ2) is 11.1. The highest BCUT2D eigenvalue weighted by atomic mass is 32.2. The third-order valence-corrected chi connectivity index (χ3v) is 10.6. The van der Waals surface area contributed by atoms with E-state index in [1.165, 1.54) is 15.3 Å². The number of halogens is 4. The van der Waals surface area contributed by atoms with Gasteiger partial charge in [0.2, 0.25) is 15.9 Å². The highest BCUT2D eigenvalue weighted by Crippen LogP contribution is 2.41. The molecule has 0 saturated carbocycles. The monoisotopic (exact) mass is 652 g/mol. The largest absolute Gasteiger partial charge is 0.573 e. The van der Waals surface area contributed by atoms with Gasteiger partial charge in [-0.2, -0.15) is 0 Å². The number of carbonyl (C=O) groups is 3. The zero-order valence-electron chi connectivity index (χ0n) is 25.0. The average Bonchev–Trinajstić information content (AvgIpc) is 3.34. The Balaban J connectivity index is 1.26. The molecule has 242 valence electrons. The van der Waals surface area contributed by atoms with Crippen LogP contribution in [0.3, 0.4) is 0 Å². The van der Waals surface area contributed by atoms with Gasteiger partial charge in [-0.1, -0.05) is 0 Å². The molecular formula is C30H32F4N4O6S. The van der Waals surface area contributed by atoms with Gasteiger partial charge in [0.1, 0.15) is 5.54 Å². The lowest BCUT2D eigenvalue weighted by Crippen LogP contribution is -2.47. The van der Waals surface area contributed by atoms with Crippen molar-refractivity contribution in [2.75, 3.05) is 23.7 Å². The number of urea groups is 1. The van der Waals surface area contributed by atoms with Crippen LogP contribution in [0.4, 0.5) is 28.0 Å². The van der Waals surface area contributed by atoms with E-state index in [0.717, 1.165) is 28.8 Å². The summed E-state index contributed by atoms with van der Waals surface area (Å²) in [5, 5.41) is 4.95. The number of piperidine rings is 1. The Bertz CT molecular complexity index is 1710. The lowest BCUT2D eigenvalue weighted by molar-refractivity contribution is -0.275. The van der Waals surface area contributed by atoms with Crippen molar-refractivity contribution in [2.45, 2.75) is 58.9 Å². The van der Waals surface area contributed by atoms with Gasteiger partial charge in [-0.3, -0.25) is 19.8 Å². The van der Waals surface area contributed by atoms with Gasteiger partial charge in [0.15, 0.2) is 11.6 Å². The van der Waals surface area contributed by atoms with Crippen molar-refractivity contribution in [3.63, 3.8) is 0 Å². The normalized spacial score (nSPS) is 20.0. The molecule has 3 aliphatic rings. The van der Waals surface area contributed by atoms with Crippen LogP contribution in [0.25, 0.3) is 5.70 Å². The Kier molecular flexibility index (Phi) is 8.01. The topological polar surface area (TPSA) is 125 Å². The van der Waals surface area contributed by atoms with E-state index in [0.29, 0.717) is 5.69 Å². The van der Waals surface area contributed by atoms with Gasteiger partial charge in [0.25, 0.3) is 5.91 Å². The summed E-state index contributed by atoms with van der Waals surface area (Å²) < 4.78 is 83.7. The van der Waals surface area contributed by atoms with E-state index in [4.69, 9.17) is 0 Å². The first-order chi connectivity index (χ1) is 20.8. The number of carbonyl (C=O) groups excluding carboxylic acids is 3. The standard InChI is InChI=1S/C30H32F4N4O6S/c1-17-13-20(38-27(41)36-25(39)28(38,3)4)14-18(2)21(17)7-12-45(42,43)37-10-8-29(9-11-37)16-23(35-26(29)40)19-5-6-22(31)24(15-19)44-30(32,33)34/h5-6,13-16H,7-12H2,1-4H3,(H,35,40)(H,36,39,41). The van der Waals surface area contributed by atoms with Crippen LogP contribution in [-0.4, -0.2) is 61.3 Å². The predicted octanol–water partition coefficient (Wildman–Crippen LogP) is 4.30. The number of rotatable bonds is 7. The summed E-state index contributed by atoms with van der Waals surface area (Å²) in [7, 11) is -3.74. The molecule has 0 aliphatic carbocycles. The number of nitrogens with one attached hydrogen (secondary N) is 2. The molecule has 45 heavy (non-hydrogen) atoms. The number of hydrogen-bond acceptors (Lipinski definition) is 6. The minimum absolute atomic E-state index is 0.0511. The smallest absolute Gasteiger partial charge is 0.403 e. The Morgan fingerprint density at radius 2 is 1.58 bits per heavy atom. The zero-order valence-corrected chi connectivity index (χ0v) is 25.8. The highest BCUT2D eigenvalue weighted by molar-refractivity contribution is 7.89. The molecule has 2 aromatic carbocycles. The lowest BCUT2D eigenvalue weighted by Gasteiger charge is -2.35. The van der Waals surface area contributed by atoms with E-state index in [1.807, 2.05) is 13.8 Å². The van der Waals surface area contributed by atoms with Gasteiger partial charge in [0, 0.05) is 30.0 Å². The molecule has 10 nitrogen and oxygen atoms in total. The first-order valence-corrected chi connectivity index (χ1v) is 15.8. The molecule has 3 aliphatic heterocycles. The van der Waals surface area contributed by atoms with Crippen LogP contribution in [0, 0.1) is 25.1 Å². The van der Waals surface area contributed by atoms with E-state index in [1.54, 1.807) is 32.1 Å². The second-order valence-corrected chi connectivity index (χ2v) is 14.1. The van der Waals surface area contributed by atoms with Crippen LogP contribution in [-0.2, 0) is 26.0 Å². The van der Waals surface area contributed by atoms with E-state index >= 15 is 0 Å². The first-order valence-electron chi connectivity index (χ1n) is 14.2. The molecule has 4 amide bonds. The summed E-state index contributed by atoms with van der Waals surface area (Å²) in [4.78, 5) is 39.0. The van der Waals surface area contributed by atoms with Crippen molar-refractivity contribution in [1.29, 1.82) is 0 Å². The third-order valence-electron chi connectivity index (χ3n) is 8.68. The minimum Gasteiger partial charge on any atom is -0.403 e. The fourth-order valence-corrected chi connectivity index (χ4v) is 7.60. The summed E-state index contributed by atoms with van der Waals surface area (Å²) in [5.41, 5.74) is 1.03. The number of aryl methyl sites for hydroxylation is 2. The number of anilines is 1. The maximum Gasteiger partial charge on any atom is 0.573 e. The molecule has 2 fully saturated rings. The first kappa shape index (κ1) is 32.4. The van der Waals surface area contributed by atoms with Crippen molar-refractivity contribution < 1.29 is 45.1 Å². The number of alkyl halides is 3. The lowest BCUT2D eigenvalue weighted by atomic mass is 9.79. The summed E-state index contributed by atoms with van der Waals surface area (Å²) in [5.74, 6) is -3.27. The maximum atomic E-state index is 13.9. The number of imide groups is 1. The van der Waals surface area contributed by atoms with Crippen molar-refractivity contribution in [3.8, 4) is 5.75 Å². The van der Waals surface area contributed by atoms with Crippen LogP contribution in [0.15, 0.2) is 36.4 Å². The molecule has 2 saturated heterocycles. The highest BCUT2D eigenvalue weighted by Gasteiger charge is 2.47. The Morgan fingerprint density at radius 3 is 2.13 bits per heavy atom. The zero-order chi connectivity index (χ0) is 33.1. The molecule has 0 radical (unpaired) electrons. The summed E-state index contributed by atoms with van der Waals surface area (Å²) in [6, 6.07) is 5.86. The van der Waals surface area contributed by atoms with Gasteiger partial charge in [-0.05, 0) is 100 Å². The molecule has 0 aromatic heterocycles. The molecule has 0 bridgehead atoms. The Labute approximate surface area is 257 Å². The van der Waals surface area contributed by atoms with E-state index < -0.39 is 56.8 Å². The van der Waals surface area contributed by atoms with Gasteiger partial charge >= 0.3 is 12.4 Å². The molecule has 0 atom stereocenters. The molecule has 2 N–H and O–H groups in total. The van der Waals surface area contributed by atoms with E-state index in [2.05, 4.69) is 15.4 Å². The average molecular weight is 653 g/mol. The van der Waals surface area contributed by atoms with Crippen LogP contribution in [0.5, 0.6) is 5.75 Å².